The SMILES string of the molecule is CCc1ccc(CC(N)C(=O)O)s1. The summed E-state index contributed by atoms with van der Waals surface area (Å²) in [6.07, 6.45) is 1.42. The van der Waals surface area contributed by atoms with Gasteiger partial charge in [-0.05, 0) is 18.6 Å². The molecule has 1 aromatic heterocycles. The van der Waals surface area contributed by atoms with Crippen molar-refractivity contribution in [2.75, 3.05) is 0 Å². The average Bonchev–Trinajstić information content (AvgIpc) is 2.52. The van der Waals surface area contributed by atoms with Crippen molar-refractivity contribution in [2.45, 2.75) is 25.8 Å². The standard InChI is InChI=1S/C9H13NO2S/c1-2-6-3-4-7(13-6)5-8(10)9(11)12/h3-4,8H,2,5,10H2,1H3,(H,11,12). The summed E-state index contributed by atoms with van der Waals surface area (Å²) in [4.78, 5) is 12.8. The summed E-state index contributed by atoms with van der Waals surface area (Å²) in [6.45, 7) is 2.08. The van der Waals surface area contributed by atoms with Gasteiger partial charge in [-0.2, -0.15) is 0 Å². The van der Waals surface area contributed by atoms with E-state index in [0.717, 1.165) is 11.3 Å². The number of thiophene rings is 1. The van der Waals surface area contributed by atoms with Crippen LogP contribution in [0, 0.1) is 0 Å². The molecule has 1 unspecified atom stereocenters. The smallest absolute Gasteiger partial charge is 0.320 e. The molecule has 0 aromatic carbocycles. The molecule has 0 aliphatic carbocycles. The Morgan fingerprint density at radius 1 is 1.62 bits per heavy atom. The lowest BCUT2D eigenvalue weighted by atomic mass is 10.2. The topological polar surface area (TPSA) is 63.3 Å². The molecule has 0 aliphatic rings. The van der Waals surface area contributed by atoms with Crippen LogP contribution in [-0.4, -0.2) is 17.1 Å². The Morgan fingerprint density at radius 2 is 2.23 bits per heavy atom. The van der Waals surface area contributed by atoms with Crippen LogP contribution in [0.3, 0.4) is 0 Å². The predicted molar refractivity (Wildman–Crippen MR) is 53.0 cm³/mol. The van der Waals surface area contributed by atoms with Crippen molar-refractivity contribution in [1.82, 2.24) is 0 Å². The zero-order valence-corrected chi connectivity index (χ0v) is 8.30. The highest BCUT2D eigenvalue weighted by atomic mass is 32.1. The molecule has 0 aliphatic heterocycles. The maximum absolute atomic E-state index is 10.5. The Kier molecular flexibility index (Phi) is 3.45. The van der Waals surface area contributed by atoms with Gasteiger partial charge < -0.3 is 10.8 Å². The van der Waals surface area contributed by atoms with E-state index in [1.54, 1.807) is 11.3 Å². The van der Waals surface area contributed by atoms with Gasteiger partial charge in [-0.15, -0.1) is 11.3 Å². The number of nitrogens with two attached hydrogens (primary N) is 1. The monoisotopic (exact) mass is 199 g/mol. The molecule has 1 rings (SSSR count). The molecule has 0 radical (unpaired) electrons. The van der Waals surface area contributed by atoms with Crippen LogP contribution >= 0.6 is 11.3 Å². The number of carboxylic acid groups (broad SMARTS) is 1. The van der Waals surface area contributed by atoms with E-state index in [4.69, 9.17) is 10.8 Å². The number of carbonyl (C=O) groups is 1. The molecule has 0 fully saturated rings. The molecular formula is C9H13NO2S. The van der Waals surface area contributed by atoms with E-state index in [2.05, 4.69) is 6.92 Å². The molecule has 0 bridgehead atoms. The second-order valence-corrected chi connectivity index (χ2v) is 4.12. The molecule has 0 spiro atoms. The van der Waals surface area contributed by atoms with Gasteiger partial charge in [-0.1, -0.05) is 6.92 Å². The van der Waals surface area contributed by atoms with Crippen LogP contribution in [0.15, 0.2) is 12.1 Å². The van der Waals surface area contributed by atoms with Gasteiger partial charge >= 0.3 is 5.97 Å². The molecule has 1 atom stereocenters. The largest absolute Gasteiger partial charge is 0.480 e. The molecule has 0 saturated heterocycles. The Bertz CT molecular complexity index is 296. The van der Waals surface area contributed by atoms with E-state index < -0.39 is 12.0 Å². The fourth-order valence-electron chi connectivity index (χ4n) is 1.03. The minimum Gasteiger partial charge on any atom is -0.480 e. The van der Waals surface area contributed by atoms with Crippen molar-refractivity contribution in [3.63, 3.8) is 0 Å². The molecule has 4 heteroatoms. The van der Waals surface area contributed by atoms with Gasteiger partial charge in [0.05, 0.1) is 0 Å². The normalized spacial score (nSPS) is 12.8. The third kappa shape index (κ3) is 2.82. The Morgan fingerprint density at radius 3 is 2.69 bits per heavy atom. The molecule has 72 valence electrons. The van der Waals surface area contributed by atoms with E-state index in [-0.39, 0.29) is 0 Å². The van der Waals surface area contributed by atoms with Crippen LogP contribution in [0.1, 0.15) is 16.7 Å². The van der Waals surface area contributed by atoms with Crippen LogP contribution in [0.4, 0.5) is 0 Å². The molecule has 0 amide bonds. The first kappa shape index (κ1) is 10.2. The summed E-state index contributed by atoms with van der Waals surface area (Å²) in [5.74, 6) is -0.938. The molecule has 13 heavy (non-hydrogen) atoms. The number of hydrogen-bond acceptors (Lipinski definition) is 3. The van der Waals surface area contributed by atoms with Gasteiger partial charge in [0, 0.05) is 16.2 Å². The van der Waals surface area contributed by atoms with E-state index >= 15 is 0 Å². The van der Waals surface area contributed by atoms with E-state index in [1.165, 1.54) is 4.88 Å². The maximum atomic E-state index is 10.5. The third-order valence-corrected chi connectivity index (χ3v) is 3.06. The summed E-state index contributed by atoms with van der Waals surface area (Å²) >= 11 is 1.64. The van der Waals surface area contributed by atoms with Crippen molar-refractivity contribution in [3.05, 3.63) is 21.9 Å². The molecule has 3 nitrogen and oxygen atoms in total. The van der Waals surface area contributed by atoms with Gasteiger partial charge in [0.1, 0.15) is 6.04 Å². The summed E-state index contributed by atoms with van der Waals surface area (Å²) in [7, 11) is 0. The Labute approximate surface area is 81.2 Å². The zero-order chi connectivity index (χ0) is 9.84. The van der Waals surface area contributed by atoms with Crippen LogP contribution in [0.25, 0.3) is 0 Å². The van der Waals surface area contributed by atoms with Gasteiger partial charge in [-0.3, -0.25) is 4.79 Å². The average molecular weight is 199 g/mol. The molecular weight excluding hydrogens is 186 g/mol. The third-order valence-electron chi connectivity index (χ3n) is 1.80. The Balaban J connectivity index is 2.58. The second kappa shape index (κ2) is 4.39. The predicted octanol–water partition coefficient (Wildman–Crippen LogP) is 1.26. The van der Waals surface area contributed by atoms with Gasteiger partial charge in [0.15, 0.2) is 0 Å². The van der Waals surface area contributed by atoms with Gasteiger partial charge in [0.2, 0.25) is 0 Å². The first-order valence-electron chi connectivity index (χ1n) is 4.19. The number of carboxylic acids is 1. The summed E-state index contributed by atoms with van der Waals surface area (Å²) < 4.78 is 0. The van der Waals surface area contributed by atoms with Crippen LogP contribution in [-0.2, 0) is 17.6 Å². The molecule has 1 aromatic rings. The first-order valence-corrected chi connectivity index (χ1v) is 5.01. The van der Waals surface area contributed by atoms with Crippen LogP contribution in [0.5, 0.6) is 0 Å². The fourth-order valence-corrected chi connectivity index (χ4v) is 2.04. The van der Waals surface area contributed by atoms with Gasteiger partial charge in [0.25, 0.3) is 0 Å². The van der Waals surface area contributed by atoms with E-state index in [1.807, 2.05) is 12.1 Å². The summed E-state index contributed by atoms with van der Waals surface area (Å²) in [5.41, 5.74) is 5.41. The van der Waals surface area contributed by atoms with Crippen LogP contribution in [0.2, 0.25) is 0 Å². The van der Waals surface area contributed by atoms with E-state index in [9.17, 15) is 4.79 Å². The van der Waals surface area contributed by atoms with Crippen molar-refractivity contribution >= 4 is 17.3 Å². The number of aryl methyl sites for hydroxylation is 1. The lowest BCUT2D eigenvalue weighted by Gasteiger charge is -2.02. The van der Waals surface area contributed by atoms with Crippen molar-refractivity contribution in [3.8, 4) is 0 Å². The Hall–Kier alpha value is -0.870. The van der Waals surface area contributed by atoms with Crippen LogP contribution < -0.4 is 5.73 Å². The second-order valence-electron chi connectivity index (χ2n) is 2.87. The van der Waals surface area contributed by atoms with E-state index in [0.29, 0.717) is 6.42 Å². The summed E-state index contributed by atoms with van der Waals surface area (Å²) in [6, 6.07) is 3.20. The molecule has 1 heterocycles. The van der Waals surface area contributed by atoms with Gasteiger partial charge in [-0.25, -0.2) is 0 Å². The minimum atomic E-state index is -0.938. The van der Waals surface area contributed by atoms with Crippen molar-refractivity contribution in [2.24, 2.45) is 5.73 Å². The lowest BCUT2D eigenvalue weighted by molar-refractivity contribution is -0.138. The van der Waals surface area contributed by atoms with Crippen molar-refractivity contribution < 1.29 is 9.90 Å². The summed E-state index contributed by atoms with van der Waals surface area (Å²) in [5, 5.41) is 8.59. The first-order chi connectivity index (χ1) is 6.13. The zero-order valence-electron chi connectivity index (χ0n) is 7.49. The quantitative estimate of drug-likeness (QED) is 0.767. The molecule has 0 saturated carbocycles. The fraction of sp³-hybridized carbons (Fsp3) is 0.444. The highest BCUT2D eigenvalue weighted by Gasteiger charge is 2.12. The highest BCUT2D eigenvalue weighted by molar-refractivity contribution is 7.12. The maximum Gasteiger partial charge on any atom is 0.320 e. The number of hydrogen-bond donors (Lipinski definition) is 2. The minimum absolute atomic E-state index is 0.431. The highest BCUT2D eigenvalue weighted by Crippen LogP contribution is 2.17. The lowest BCUT2D eigenvalue weighted by Crippen LogP contribution is -2.31. The number of aliphatic carboxylic acids is 1. The van der Waals surface area contributed by atoms with Crippen molar-refractivity contribution in [1.29, 1.82) is 0 Å². The number of rotatable bonds is 4. The molecule has 3 N–H and O–H groups in total.